The van der Waals surface area contributed by atoms with Gasteiger partial charge in [-0.25, -0.2) is 0 Å². The molecular weight excluding hydrogens is 198 g/mol. The summed E-state index contributed by atoms with van der Waals surface area (Å²) in [7, 11) is 2.19. The van der Waals surface area contributed by atoms with Crippen LogP contribution in [0.1, 0.15) is 31.2 Å². The predicted molar refractivity (Wildman–Crippen MR) is 65.9 cm³/mol. The van der Waals surface area contributed by atoms with E-state index in [2.05, 4.69) is 23.0 Å². The van der Waals surface area contributed by atoms with Crippen LogP contribution in [0.2, 0.25) is 0 Å². The molecule has 2 atom stereocenters. The van der Waals surface area contributed by atoms with Crippen molar-refractivity contribution in [2.75, 3.05) is 7.05 Å². The average Bonchev–Trinajstić information content (AvgIpc) is 2.30. The van der Waals surface area contributed by atoms with Crippen LogP contribution in [0.4, 0.5) is 0 Å². The van der Waals surface area contributed by atoms with Crippen molar-refractivity contribution in [1.29, 1.82) is 0 Å². The molecule has 1 aliphatic rings. The topological polar surface area (TPSA) is 42.2 Å². The van der Waals surface area contributed by atoms with E-state index in [9.17, 15) is 0 Å². The highest BCUT2D eigenvalue weighted by atomic mass is 15.1. The first kappa shape index (κ1) is 11.6. The van der Waals surface area contributed by atoms with Gasteiger partial charge in [-0.15, -0.1) is 0 Å². The summed E-state index contributed by atoms with van der Waals surface area (Å²) in [5, 5.41) is 0. The SMILES string of the molecule is CN(Cc1cccnc1)C1CCCC(N)C1. The highest BCUT2D eigenvalue weighted by Crippen LogP contribution is 2.22. The molecule has 1 fully saturated rings. The maximum absolute atomic E-state index is 6.02. The molecule has 3 heteroatoms. The Morgan fingerprint density at radius 1 is 1.50 bits per heavy atom. The summed E-state index contributed by atoms with van der Waals surface area (Å²) in [6.45, 7) is 0.977. The second-order valence-electron chi connectivity index (χ2n) is 4.86. The fraction of sp³-hybridized carbons (Fsp3) is 0.615. The first-order valence-corrected chi connectivity index (χ1v) is 6.10. The van der Waals surface area contributed by atoms with Crippen LogP contribution < -0.4 is 5.73 Å². The Bertz CT molecular complexity index is 312. The number of nitrogens with zero attached hydrogens (tertiary/aromatic N) is 2. The lowest BCUT2D eigenvalue weighted by Gasteiger charge is -2.34. The largest absolute Gasteiger partial charge is 0.328 e. The van der Waals surface area contributed by atoms with Gasteiger partial charge in [0.1, 0.15) is 0 Å². The van der Waals surface area contributed by atoms with Gasteiger partial charge in [-0.1, -0.05) is 12.5 Å². The summed E-state index contributed by atoms with van der Waals surface area (Å²) in [5.41, 5.74) is 7.30. The molecule has 1 aromatic heterocycles. The zero-order chi connectivity index (χ0) is 11.4. The number of hydrogen-bond acceptors (Lipinski definition) is 3. The summed E-state index contributed by atoms with van der Waals surface area (Å²) in [5.74, 6) is 0. The van der Waals surface area contributed by atoms with E-state index < -0.39 is 0 Å². The van der Waals surface area contributed by atoms with Crippen molar-refractivity contribution >= 4 is 0 Å². The van der Waals surface area contributed by atoms with Crippen molar-refractivity contribution in [1.82, 2.24) is 9.88 Å². The smallest absolute Gasteiger partial charge is 0.0312 e. The molecule has 0 aromatic carbocycles. The van der Waals surface area contributed by atoms with Crippen molar-refractivity contribution in [3.05, 3.63) is 30.1 Å². The molecule has 1 aromatic rings. The predicted octanol–water partition coefficient (Wildman–Crippen LogP) is 1.78. The summed E-state index contributed by atoms with van der Waals surface area (Å²) in [4.78, 5) is 6.56. The van der Waals surface area contributed by atoms with Crippen LogP contribution in [0.3, 0.4) is 0 Å². The van der Waals surface area contributed by atoms with E-state index in [0.717, 1.165) is 13.0 Å². The summed E-state index contributed by atoms with van der Waals surface area (Å²) in [6, 6.07) is 5.17. The Hall–Kier alpha value is -0.930. The van der Waals surface area contributed by atoms with E-state index in [0.29, 0.717) is 12.1 Å². The summed E-state index contributed by atoms with van der Waals surface area (Å²) in [6.07, 6.45) is 8.64. The first-order chi connectivity index (χ1) is 7.75. The highest BCUT2D eigenvalue weighted by molar-refractivity contribution is 5.08. The van der Waals surface area contributed by atoms with Crippen LogP contribution in [0.25, 0.3) is 0 Å². The zero-order valence-corrected chi connectivity index (χ0v) is 9.97. The third-order valence-corrected chi connectivity index (χ3v) is 3.47. The fourth-order valence-corrected chi connectivity index (χ4v) is 2.51. The van der Waals surface area contributed by atoms with Crippen LogP contribution in [-0.4, -0.2) is 29.0 Å². The fourth-order valence-electron chi connectivity index (χ4n) is 2.51. The molecule has 3 nitrogen and oxygen atoms in total. The Balaban J connectivity index is 1.90. The Kier molecular flexibility index (Phi) is 3.91. The minimum atomic E-state index is 0.398. The van der Waals surface area contributed by atoms with Crippen molar-refractivity contribution in [3.8, 4) is 0 Å². The first-order valence-electron chi connectivity index (χ1n) is 6.10. The molecule has 0 saturated heterocycles. The van der Waals surface area contributed by atoms with Gasteiger partial charge in [0, 0.05) is 31.0 Å². The molecule has 0 bridgehead atoms. The van der Waals surface area contributed by atoms with E-state index in [1.165, 1.54) is 24.8 Å². The molecule has 1 aliphatic carbocycles. The van der Waals surface area contributed by atoms with E-state index >= 15 is 0 Å². The molecule has 0 aliphatic heterocycles. The number of aromatic nitrogens is 1. The summed E-state index contributed by atoms with van der Waals surface area (Å²) >= 11 is 0. The Labute approximate surface area is 97.7 Å². The molecular formula is C13H21N3. The quantitative estimate of drug-likeness (QED) is 0.842. The monoisotopic (exact) mass is 219 g/mol. The molecule has 0 spiro atoms. The molecule has 1 heterocycles. The zero-order valence-electron chi connectivity index (χ0n) is 9.97. The third-order valence-electron chi connectivity index (χ3n) is 3.47. The average molecular weight is 219 g/mol. The van der Waals surface area contributed by atoms with Crippen LogP contribution in [0.15, 0.2) is 24.5 Å². The van der Waals surface area contributed by atoms with Gasteiger partial charge in [-0.2, -0.15) is 0 Å². The standard InChI is InChI=1S/C13H21N3/c1-16(10-11-4-3-7-15-9-11)13-6-2-5-12(14)8-13/h3-4,7,9,12-13H,2,5-6,8,10,14H2,1H3. The van der Waals surface area contributed by atoms with E-state index in [-0.39, 0.29) is 0 Å². The van der Waals surface area contributed by atoms with Crippen molar-refractivity contribution in [2.45, 2.75) is 44.3 Å². The molecule has 0 radical (unpaired) electrons. The number of hydrogen-bond donors (Lipinski definition) is 1. The number of nitrogens with two attached hydrogens (primary N) is 1. The van der Waals surface area contributed by atoms with Gasteiger partial charge in [0.2, 0.25) is 0 Å². The minimum absolute atomic E-state index is 0.398. The lowest BCUT2D eigenvalue weighted by Crippen LogP contribution is -2.40. The molecule has 1 saturated carbocycles. The Morgan fingerprint density at radius 3 is 3.06 bits per heavy atom. The summed E-state index contributed by atoms with van der Waals surface area (Å²) < 4.78 is 0. The van der Waals surface area contributed by atoms with Crippen LogP contribution in [0, 0.1) is 0 Å². The third kappa shape index (κ3) is 3.03. The van der Waals surface area contributed by atoms with Gasteiger partial charge >= 0.3 is 0 Å². The lowest BCUT2D eigenvalue weighted by atomic mass is 9.90. The maximum atomic E-state index is 6.02. The van der Waals surface area contributed by atoms with Gasteiger partial charge in [-0.3, -0.25) is 9.88 Å². The van der Waals surface area contributed by atoms with Crippen molar-refractivity contribution in [2.24, 2.45) is 5.73 Å². The number of rotatable bonds is 3. The van der Waals surface area contributed by atoms with E-state index in [1.54, 1.807) is 0 Å². The second-order valence-corrected chi connectivity index (χ2v) is 4.86. The minimum Gasteiger partial charge on any atom is -0.328 e. The molecule has 0 amide bonds. The van der Waals surface area contributed by atoms with Crippen LogP contribution in [-0.2, 0) is 6.54 Å². The molecule has 16 heavy (non-hydrogen) atoms. The van der Waals surface area contributed by atoms with Crippen molar-refractivity contribution in [3.63, 3.8) is 0 Å². The van der Waals surface area contributed by atoms with Gasteiger partial charge in [0.05, 0.1) is 0 Å². The normalized spacial score (nSPS) is 25.9. The molecule has 2 N–H and O–H groups in total. The highest BCUT2D eigenvalue weighted by Gasteiger charge is 2.22. The molecule has 2 rings (SSSR count). The van der Waals surface area contributed by atoms with Gasteiger partial charge in [0.15, 0.2) is 0 Å². The maximum Gasteiger partial charge on any atom is 0.0312 e. The molecule has 2 unspecified atom stereocenters. The number of pyridine rings is 1. The lowest BCUT2D eigenvalue weighted by molar-refractivity contribution is 0.173. The second kappa shape index (κ2) is 5.41. The molecule has 88 valence electrons. The van der Waals surface area contributed by atoms with E-state index in [1.807, 2.05) is 18.5 Å². The van der Waals surface area contributed by atoms with Crippen molar-refractivity contribution < 1.29 is 0 Å². The van der Waals surface area contributed by atoms with Gasteiger partial charge in [0.25, 0.3) is 0 Å². The van der Waals surface area contributed by atoms with Gasteiger partial charge in [-0.05, 0) is 37.9 Å². The van der Waals surface area contributed by atoms with Crippen LogP contribution in [0.5, 0.6) is 0 Å². The van der Waals surface area contributed by atoms with E-state index in [4.69, 9.17) is 5.73 Å². The Morgan fingerprint density at radius 2 is 2.38 bits per heavy atom. The van der Waals surface area contributed by atoms with Gasteiger partial charge < -0.3 is 5.73 Å². The van der Waals surface area contributed by atoms with Crippen LogP contribution >= 0.6 is 0 Å².